The van der Waals surface area contributed by atoms with Crippen LogP contribution in [0.1, 0.15) is 25.7 Å². The SMILES string of the molecule is O=C(O)CNC(=O)CN1C(=O)NC2(CCCC2)C1=O. The van der Waals surface area contributed by atoms with Crippen molar-refractivity contribution in [2.45, 2.75) is 31.2 Å². The topological polar surface area (TPSA) is 116 Å². The zero-order valence-electron chi connectivity index (χ0n) is 10.3. The molecule has 0 aromatic rings. The molecule has 0 radical (unpaired) electrons. The number of imide groups is 1. The number of amides is 4. The van der Waals surface area contributed by atoms with Gasteiger partial charge in [-0.05, 0) is 12.8 Å². The van der Waals surface area contributed by atoms with Gasteiger partial charge in [-0.1, -0.05) is 12.8 Å². The van der Waals surface area contributed by atoms with Crippen molar-refractivity contribution in [1.29, 1.82) is 0 Å². The summed E-state index contributed by atoms with van der Waals surface area (Å²) in [6.45, 7) is -0.979. The van der Waals surface area contributed by atoms with Crippen LogP contribution >= 0.6 is 0 Å². The summed E-state index contributed by atoms with van der Waals surface area (Å²) in [5.41, 5.74) is -0.843. The summed E-state index contributed by atoms with van der Waals surface area (Å²) in [5.74, 6) is -2.24. The Balaban J connectivity index is 1.97. The van der Waals surface area contributed by atoms with Crippen molar-refractivity contribution >= 4 is 23.8 Å². The smallest absolute Gasteiger partial charge is 0.325 e. The Labute approximate surface area is 109 Å². The monoisotopic (exact) mass is 269 g/mol. The number of hydrogen-bond donors (Lipinski definition) is 3. The first-order chi connectivity index (χ1) is 8.94. The van der Waals surface area contributed by atoms with Crippen molar-refractivity contribution in [3.63, 3.8) is 0 Å². The molecule has 2 aliphatic rings. The van der Waals surface area contributed by atoms with E-state index in [0.717, 1.165) is 17.7 Å². The summed E-state index contributed by atoms with van der Waals surface area (Å²) in [6, 6.07) is -0.586. The summed E-state index contributed by atoms with van der Waals surface area (Å²) < 4.78 is 0. The molecule has 1 saturated carbocycles. The lowest BCUT2D eigenvalue weighted by molar-refractivity contribution is -0.138. The van der Waals surface area contributed by atoms with Gasteiger partial charge in [0.15, 0.2) is 0 Å². The van der Waals surface area contributed by atoms with E-state index in [-0.39, 0.29) is 5.91 Å². The lowest BCUT2D eigenvalue weighted by Gasteiger charge is -2.19. The Morgan fingerprint density at radius 3 is 2.53 bits per heavy atom. The van der Waals surface area contributed by atoms with Gasteiger partial charge >= 0.3 is 12.0 Å². The molecule has 19 heavy (non-hydrogen) atoms. The summed E-state index contributed by atoms with van der Waals surface area (Å²) in [4.78, 5) is 46.5. The fraction of sp³-hybridized carbons (Fsp3) is 0.636. The standard InChI is InChI=1S/C11H15N3O5/c15-7(12-5-8(16)17)6-14-9(18)11(13-10(14)19)3-1-2-4-11/h1-6H2,(H,12,15)(H,13,19)(H,16,17). The maximum atomic E-state index is 12.2. The average Bonchev–Trinajstić information content (AvgIpc) is 2.89. The molecular weight excluding hydrogens is 254 g/mol. The number of urea groups is 1. The number of carbonyl (C=O) groups excluding carboxylic acids is 3. The minimum atomic E-state index is -1.18. The second kappa shape index (κ2) is 4.87. The zero-order valence-corrected chi connectivity index (χ0v) is 10.3. The van der Waals surface area contributed by atoms with Gasteiger partial charge in [0, 0.05) is 0 Å². The summed E-state index contributed by atoms with van der Waals surface area (Å²) in [7, 11) is 0. The summed E-state index contributed by atoms with van der Waals surface area (Å²) >= 11 is 0. The number of carboxylic acids is 1. The third-order valence-corrected chi connectivity index (χ3v) is 3.44. The van der Waals surface area contributed by atoms with Crippen molar-refractivity contribution in [2.24, 2.45) is 0 Å². The predicted octanol–water partition coefficient (Wildman–Crippen LogP) is -0.948. The average molecular weight is 269 g/mol. The van der Waals surface area contributed by atoms with Gasteiger partial charge in [-0.25, -0.2) is 4.79 Å². The molecule has 1 spiro atoms. The van der Waals surface area contributed by atoms with Crippen LogP contribution in [-0.2, 0) is 14.4 Å². The van der Waals surface area contributed by atoms with Crippen LogP contribution in [0.2, 0.25) is 0 Å². The van der Waals surface area contributed by atoms with Gasteiger partial charge in [0.05, 0.1) is 0 Å². The normalized spacial score (nSPS) is 20.7. The lowest BCUT2D eigenvalue weighted by Crippen LogP contribution is -2.45. The van der Waals surface area contributed by atoms with Crippen LogP contribution in [0.3, 0.4) is 0 Å². The molecule has 8 heteroatoms. The number of hydrogen-bond acceptors (Lipinski definition) is 4. The number of nitrogens with zero attached hydrogens (tertiary/aromatic N) is 1. The molecule has 2 fully saturated rings. The number of rotatable bonds is 4. The molecule has 8 nitrogen and oxygen atoms in total. The minimum absolute atomic E-state index is 0.388. The van der Waals surface area contributed by atoms with Gasteiger partial charge < -0.3 is 15.7 Å². The molecule has 0 unspecified atom stereocenters. The van der Waals surface area contributed by atoms with Crippen LogP contribution in [0, 0.1) is 0 Å². The van der Waals surface area contributed by atoms with E-state index in [9.17, 15) is 19.2 Å². The van der Waals surface area contributed by atoms with Gasteiger partial charge in [-0.15, -0.1) is 0 Å². The van der Waals surface area contributed by atoms with Crippen LogP contribution in [-0.4, -0.2) is 52.4 Å². The second-order valence-electron chi connectivity index (χ2n) is 4.78. The van der Waals surface area contributed by atoms with Crippen molar-refractivity contribution in [3.8, 4) is 0 Å². The van der Waals surface area contributed by atoms with Crippen LogP contribution in [0.15, 0.2) is 0 Å². The van der Waals surface area contributed by atoms with E-state index in [1.54, 1.807) is 0 Å². The summed E-state index contributed by atoms with van der Waals surface area (Å²) in [6.07, 6.45) is 2.91. The van der Waals surface area contributed by atoms with Gasteiger partial charge in [0.25, 0.3) is 5.91 Å². The third-order valence-electron chi connectivity index (χ3n) is 3.44. The first kappa shape index (κ1) is 13.3. The Kier molecular flexibility index (Phi) is 3.41. The highest BCUT2D eigenvalue weighted by Crippen LogP contribution is 2.34. The number of aliphatic carboxylic acids is 1. The van der Waals surface area contributed by atoms with E-state index in [0.29, 0.717) is 12.8 Å². The van der Waals surface area contributed by atoms with Crippen LogP contribution in [0.4, 0.5) is 4.79 Å². The molecule has 104 valence electrons. The van der Waals surface area contributed by atoms with Crippen molar-refractivity contribution in [3.05, 3.63) is 0 Å². The van der Waals surface area contributed by atoms with Gasteiger partial charge in [0.2, 0.25) is 5.91 Å². The fourth-order valence-electron chi connectivity index (χ4n) is 2.51. The molecule has 1 saturated heterocycles. The molecule has 1 aliphatic carbocycles. The number of carboxylic acid groups (broad SMARTS) is 1. The number of carbonyl (C=O) groups is 4. The Hall–Kier alpha value is -2.12. The fourth-order valence-corrected chi connectivity index (χ4v) is 2.51. The Morgan fingerprint density at radius 1 is 1.32 bits per heavy atom. The third kappa shape index (κ3) is 2.51. The van der Waals surface area contributed by atoms with E-state index < -0.39 is 36.5 Å². The van der Waals surface area contributed by atoms with Gasteiger partial charge in [-0.3, -0.25) is 19.3 Å². The molecule has 0 aromatic heterocycles. The van der Waals surface area contributed by atoms with E-state index in [1.807, 2.05) is 0 Å². The Morgan fingerprint density at radius 2 is 1.95 bits per heavy atom. The van der Waals surface area contributed by atoms with Crippen LogP contribution in [0.25, 0.3) is 0 Å². The minimum Gasteiger partial charge on any atom is -0.480 e. The highest BCUT2D eigenvalue weighted by molar-refractivity contribution is 6.09. The van der Waals surface area contributed by atoms with Crippen molar-refractivity contribution < 1.29 is 24.3 Å². The Bertz CT molecular complexity index is 442. The first-order valence-electron chi connectivity index (χ1n) is 6.07. The van der Waals surface area contributed by atoms with Gasteiger partial charge in [0.1, 0.15) is 18.6 Å². The van der Waals surface area contributed by atoms with Crippen LogP contribution < -0.4 is 10.6 Å². The molecule has 0 aromatic carbocycles. The van der Waals surface area contributed by atoms with E-state index in [1.165, 1.54) is 0 Å². The van der Waals surface area contributed by atoms with E-state index in [4.69, 9.17) is 5.11 Å². The van der Waals surface area contributed by atoms with E-state index in [2.05, 4.69) is 10.6 Å². The molecular formula is C11H15N3O5. The quantitative estimate of drug-likeness (QED) is 0.569. The highest BCUT2D eigenvalue weighted by atomic mass is 16.4. The lowest BCUT2D eigenvalue weighted by atomic mass is 9.98. The largest absolute Gasteiger partial charge is 0.480 e. The van der Waals surface area contributed by atoms with E-state index >= 15 is 0 Å². The van der Waals surface area contributed by atoms with Gasteiger partial charge in [-0.2, -0.15) is 0 Å². The first-order valence-corrected chi connectivity index (χ1v) is 6.07. The molecule has 1 aliphatic heterocycles. The number of nitrogens with one attached hydrogen (secondary N) is 2. The molecule has 0 atom stereocenters. The predicted molar refractivity (Wildman–Crippen MR) is 62.1 cm³/mol. The maximum absolute atomic E-state index is 12.2. The molecule has 0 bridgehead atoms. The molecule has 4 amide bonds. The maximum Gasteiger partial charge on any atom is 0.325 e. The van der Waals surface area contributed by atoms with Crippen molar-refractivity contribution in [1.82, 2.24) is 15.5 Å². The summed E-state index contributed by atoms with van der Waals surface area (Å²) in [5, 5.41) is 13.2. The molecule has 1 heterocycles. The molecule has 3 N–H and O–H groups in total. The van der Waals surface area contributed by atoms with Crippen LogP contribution in [0.5, 0.6) is 0 Å². The highest BCUT2D eigenvalue weighted by Gasteiger charge is 2.52. The zero-order chi connectivity index (χ0) is 14.0. The van der Waals surface area contributed by atoms with Crippen molar-refractivity contribution in [2.75, 3.05) is 13.1 Å². The molecule has 2 rings (SSSR count). The second-order valence-corrected chi connectivity index (χ2v) is 4.78.